The van der Waals surface area contributed by atoms with E-state index in [0.29, 0.717) is 5.56 Å². The summed E-state index contributed by atoms with van der Waals surface area (Å²) in [5, 5.41) is 8.54. The van der Waals surface area contributed by atoms with Crippen molar-refractivity contribution in [1.29, 1.82) is 0 Å². The third-order valence-electron chi connectivity index (χ3n) is 3.38. The molecule has 2 aromatic rings. The summed E-state index contributed by atoms with van der Waals surface area (Å²) in [5.74, 6) is 0.0401. The lowest BCUT2D eigenvalue weighted by molar-refractivity contribution is 0.0966. The molecule has 0 spiro atoms. The normalized spacial score (nSPS) is 11.8. The van der Waals surface area contributed by atoms with Gasteiger partial charge in [-0.2, -0.15) is 10.2 Å². The molecule has 5 heteroatoms. The summed E-state index contributed by atoms with van der Waals surface area (Å²) >= 11 is 0. The van der Waals surface area contributed by atoms with Gasteiger partial charge in [0.05, 0.1) is 23.5 Å². The van der Waals surface area contributed by atoms with Crippen LogP contribution < -0.4 is 0 Å². The van der Waals surface area contributed by atoms with Crippen LogP contribution in [0.15, 0.2) is 18.6 Å². The Bertz CT molecular complexity index is 616. The maximum absolute atomic E-state index is 12.3. The smallest absolute Gasteiger partial charge is 0.187 e. The maximum Gasteiger partial charge on any atom is 0.187 e. The molecular weight excluding hydrogens is 252 g/mol. The van der Waals surface area contributed by atoms with Crippen LogP contribution in [-0.2, 0) is 18.5 Å². The first-order valence-electron chi connectivity index (χ1n) is 6.92. The molecule has 20 heavy (non-hydrogen) atoms. The standard InChI is InChI=1S/C15H22N4O/c1-6-13-11(2)7-16-18(13)10-14(20)12-8-17-19(9-12)15(3,4)5/h7-9H,6,10H2,1-5H3. The van der Waals surface area contributed by atoms with Crippen molar-refractivity contribution in [2.45, 2.75) is 53.1 Å². The van der Waals surface area contributed by atoms with E-state index in [1.807, 2.05) is 24.0 Å². The van der Waals surface area contributed by atoms with Crippen LogP contribution in [0.5, 0.6) is 0 Å². The van der Waals surface area contributed by atoms with Crippen molar-refractivity contribution in [3.63, 3.8) is 0 Å². The van der Waals surface area contributed by atoms with E-state index in [1.54, 1.807) is 10.9 Å². The fourth-order valence-corrected chi connectivity index (χ4v) is 2.16. The third-order valence-corrected chi connectivity index (χ3v) is 3.38. The van der Waals surface area contributed by atoms with Crippen molar-refractivity contribution in [3.05, 3.63) is 35.4 Å². The summed E-state index contributed by atoms with van der Waals surface area (Å²) in [4.78, 5) is 12.3. The van der Waals surface area contributed by atoms with Crippen molar-refractivity contribution in [1.82, 2.24) is 19.6 Å². The summed E-state index contributed by atoms with van der Waals surface area (Å²) in [6, 6.07) is 0. The molecular formula is C15H22N4O. The maximum atomic E-state index is 12.3. The van der Waals surface area contributed by atoms with Crippen LogP contribution in [0.25, 0.3) is 0 Å². The lowest BCUT2D eigenvalue weighted by Gasteiger charge is -2.18. The fourth-order valence-electron chi connectivity index (χ4n) is 2.16. The third kappa shape index (κ3) is 2.81. The van der Waals surface area contributed by atoms with E-state index in [-0.39, 0.29) is 17.9 Å². The molecule has 108 valence electrons. The van der Waals surface area contributed by atoms with Crippen LogP contribution in [0, 0.1) is 6.92 Å². The Morgan fingerprint density at radius 2 is 1.95 bits per heavy atom. The minimum Gasteiger partial charge on any atom is -0.292 e. The number of nitrogens with zero attached hydrogens (tertiary/aromatic N) is 4. The molecule has 0 aliphatic heterocycles. The van der Waals surface area contributed by atoms with Gasteiger partial charge in [-0.25, -0.2) is 0 Å². The molecule has 2 aromatic heterocycles. The minimum absolute atomic E-state index is 0.0401. The number of carbonyl (C=O) groups is 1. The number of ketones is 1. The van der Waals surface area contributed by atoms with Crippen LogP contribution >= 0.6 is 0 Å². The highest BCUT2D eigenvalue weighted by Gasteiger charge is 2.18. The average Bonchev–Trinajstić information content (AvgIpc) is 2.96. The summed E-state index contributed by atoms with van der Waals surface area (Å²) in [5.41, 5.74) is 2.76. The van der Waals surface area contributed by atoms with E-state index in [0.717, 1.165) is 17.7 Å². The van der Waals surface area contributed by atoms with E-state index < -0.39 is 0 Å². The molecule has 0 unspecified atom stereocenters. The molecule has 0 aromatic carbocycles. The van der Waals surface area contributed by atoms with Crippen LogP contribution in [0.1, 0.15) is 49.3 Å². The number of rotatable bonds is 4. The predicted octanol–water partition coefficient (Wildman–Crippen LogP) is 2.59. The number of Topliss-reactive ketones (excluding diaryl/α,β-unsaturated/α-hetero) is 1. The van der Waals surface area contributed by atoms with Gasteiger partial charge in [-0.05, 0) is 39.7 Å². The van der Waals surface area contributed by atoms with Crippen molar-refractivity contribution in [2.75, 3.05) is 0 Å². The Hall–Kier alpha value is -1.91. The number of aromatic nitrogens is 4. The second-order valence-corrected chi connectivity index (χ2v) is 6.05. The Balaban J connectivity index is 2.18. The quantitative estimate of drug-likeness (QED) is 0.805. The van der Waals surface area contributed by atoms with Gasteiger partial charge >= 0.3 is 0 Å². The van der Waals surface area contributed by atoms with Crippen molar-refractivity contribution in [3.8, 4) is 0 Å². The summed E-state index contributed by atoms with van der Waals surface area (Å²) in [7, 11) is 0. The highest BCUT2D eigenvalue weighted by Crippen LogP contribution is 2.14. The molecule has 0 aliphatic carbocycles. The summed E-state index contributed by atoms with van der Waals surface area (Å²) < 4.78 is 3.60. The van der Waals surface area contributed by atoms with Gasteiger partial charge in [0.1, 0.15) is 6.54 Å². The molecule has 0 bridgehead atoms. The van der Waals surface area contributed by atoms with Gasteiger partial charge in [-0.3, -0.25) is 14.2 Å². The van der Waals surface area contributed by atoms with Gasteiger partial charge in [0.2, 0.25) is 0 Å². The molecule has 0 amide bonds. The Labute approximate surface area is 119 Å². The molecule has 0 saturated heterocycles. The van der Waals surface area contributed by atoms with Crippen LogP contribution in [0.4, 0.5) is 0 Å². The van der Waals surface area contributed by atoms with Crippen molar-refractivity contribution >= 4 is 5.78 Å². The predicted molar refractivity (Wildman–Crippen MR) is 77.9 cm³/mol. The molecule has 5 nitrogen and oxygen atoms in total. The van der Waals surface area contributed by atoms with Crippen LogP contribution in [0.3, 0.4) is 0 Å². The second-order valence-electron chi connectivity index (χ2n) is 6.05. The molecule has 0 saturated carbocycles. The topological polar surface area (TPSA) is 52.7 Å². The Morgan fingerprint density at radius 3 is 2.50 bits per heavy atom. The molecule has 0 fully saturated rings. The number of aryl methyl sites for hydroxylation is 1. The Morgan fingerprint density at radius 1 is 1.25 bits per heavy atom. The molecule has 0 radical (unpaired) electrons. The highest BCUT2D eigenvalue weighted by molar-refractivity contribution is 5.95. The van der Waals surface area contributed by atoms with E-state index in [4.69, 9.17) is 0 Å². The van der Waals surface area contributed by atoms with Crippen LogP contribution in [-0.4, -0.2) is 25.3 Å². The lowest BCUT2D eigenvalue weighted by Crippen LogP contribution is -2.22. The first kappa shape index (κ1) is 14.5. The van der Waals surface area contributed by atoms with Gasteiger partial charge in [-0.1, -0.05) is 6.92 Å². The largest absolute Gasteiger partial charge is 0.292 e. The minimum atomic E-state index is -0.116. The van der Waals surface area contributed by atoms with Crippen molar-refractivity contribution < 1.29 is 4.79 Å². The van der Waals surface area contributed by atoms with E-state index in [9.17, 15) is 4.79 Å². The first-order chi connectivity index (χ1) is 9.32. The van der Waals surface area contributed by atoms with E-state index in [1.165, 1.54) is 0 Å². The van der Waals surface area contributed by atoms with Gasteiger partial charge in [-0.15, -0.1) is 0 Å². The summed E-state index contributed by atoms with van der Waals surface area (Å²) in [6.07, 6.45) is 6.13. The monoisotopic (exact) mass is 274 g/mol. The van der Waals surface area contributed by atoms with Crippen molar-refractivity contribution in [2.24, 2.45) is 0 Å². The number of carbonyl (C=O) groups excluding carboxylic acids is 1. The molecule has 0 aliphatic rings. The van der Waals surface area contributed by atoms with Crippen LogP contribution in [0.2, 0.25) is 0 Å². The van der Waals surface area contributed by atoms with Gasteiger partial charge in [0, 0.05) is 11.9 Å². The average molecular weight is 274 g/mol. The molecule has 0 atom stereocenters. The van der Waals surface area contributed by atoms with Gasteiger partial charge in [0.15, 0.2) is 5.78 Å². The second kappa shape index (κ2) is 5.23. The molecule has 2 heterocycles. The zero-order valence-electron chi connectivity index (χ0n) is 12.8. The van der Waals surface area contributed by atoms with E-state index >= 15 is 0 Å². The first-order valence-corrected chi connectivity index (χ1v) is 6.92. The highest BCUT2D eigenvalue weighted by atomic mass is 16.1. The molecule has 2 rings (SSSR count). The van der Waals surface area contributed by atoms with Gasteiger partial charge in [0.25, 0.3) is 0 Å². The van der Waals surface area contributed by atoms with E-state index in [2.05, 4.69) is 37.9 Å². The Kier molecular flexibility index (Phi) is 3.79. The summed E-state index contributed by atoms with van der Waals surface area (Å²) in [6.45, 7) is 10.5. The zero-order valence-corrected chi connectivity index (χ0v) is 12.8. The fraction of sp³-hybridized carbons (Fsp3) is 0.533. The molecule has 0 N–H and O–H groups in total. The SMILES string of the molecule is CCc1c(C)cnn1CC(=O)c1cnn(C(C)(C)C)c1. The lowest BCUT2D eigenvalue weighted by atomic mass is 10.1. The number of hydrogen-bond acceptors (Lipinski definition) is 3. The zero-order chi connectivity index (χ0) is 14.9. The van der Waals surface area contributed by atoms with Gasteiger partial charge < -0.3 is 0 Å². The number of hydrogen-bond donors (Lipinski definition) is 0.